The molecule has 0 spiro atoms. The van der Waals surface area contributed by atoms with Gasteiger partial charge in [0, 0.05) is 6.54 Å². The number of rotatable bonds is 1. The third kappa shape index (κ3) is 2.82. The summed E-state index contributed by atoms with van der Waals surface area (Å²) in [5, 5.41) is 0. The molecule has 0 aliphatic heterocycles. The standard InChI is InChI=1S/C7H11N.BrH/c8-6-7-4-2-1-3-5-7;/h2,4-5H,1,3,6,8H2;1H. The predicted molar refractivity (Wildman–Crippen MR) is 45.8 cm³/mol. The van der Waals surface area contributed by atoms with Crippen LogP contribution in [0.5, 0.6) is 0 Å². The maximum atomic E-state index is 5.38. The molecule has 1 nitrogen and oxygen atoms in total. The third-order valence-corrected chi connectivity index (χ3v) is 1.31. The highest BCUT2D eigenvalue weighted by molar-refractivity contribution is 8.93. The molecule has 52 valence electrons. The van der Waals surface area contributed by atoms with Gasteiger partial charge in [0.15, 0.2) is 0 Å². The summed E-state index contributed by atoms with van der Waals surface area (Å²) in [7, 11) is 0. The number of allylic oxidation sites excluding steroid dienone is 2. The van der Waals surface area contributed by atoms with E-state index in [9.17, 15) is 0 Å². The van der Waals surface area contributed by atoms with Crippen molar-refractivity contribution in [1.29, 1.82) is 0 Å². The second-order valence-corrected chi connectivity index (χ2v) is 1.96. The molecule has 0 aromatic rings. The van der Waals surface area contributed by atoms with E-state index in [4.69, 9.17) is 5.73 Å². The first-order valence-corrected chi connectivity index (χ1v) is 2.99. The number of nitrogens with two attached hydrogens (primary N) is 1. The van der Waals surface area contributed by atoms with E-state index < -0.39 is 0 Å². The van der Waals surface area contributed by atoms with Gasteiger partial charge in [-0.2, -0.15) is 0 Å². The van der Waals surface area contributed by atoms with Crippen LogP contribution in [0.4, 0.5) is 0 Å². The van der Waals surface area contributed by atoms with Gasteiger partial charge < -0.3 is 5.73 Å². The molecule has 1 aliphatic carbocycles. The minimum absolute atomic E-state index is 0. The van der Waals surface area contributed by atoms with Gasteiger partial charge in [-0.25, -0.2) is 0 Å². The maximum Gasteiger partial charge on any atom is 0.0174 e. The number of hydrogen-bond donors (Lipinski definition) is 1. The van der Waals surface area contributed by atoms with Gasteiger partial charge in [-0.05, 0) is 18.4 Å². The molecule has 1 aliphatic rings. The molecule has 0 saturated heterocycles. The zero-order chi connectivity index (χ0) is 5.82. The summed E-state index contributed by atoms with van der Waals surface area (Å²) in [5.41, 5.74) is 6.66. The monoisotopic (exact) mass is 189 g/mol. The van der Waals surface area contributed by atoms with E-state index in [1.165, 1.54) is 18.4 Å². The highest BCUT2D eigenvalue weighted by Gasteiger charge is 1.91. The summed E-state index contributed by atoms with van der Waals surface area (Å²) in [5.74, 6) is 0. The summed E-state index contributed by atoms with van der Waals surface area (Å²) in [6, 6.07) is 0. The summed E-state index contributed by atoms with van der Waals surface area (Å²) in [6.07, 6.45) is 8.82. The number of hydrogen-bond acceptors (Lipinski definition) is 1. The lowest BCUT2D eigenvalue weighted by atomic mass is 10.1. The van der Waals surface area contributed by atoms with Gasteiger partial charge in [0.2, 0.25) is 0 Å². The van der Waals surface area contributed by atoms with Crippen LogP contribution in [0.1, 0.15) is 12.8 Å². The first-order chi connectivity index (χ1) is 3.93. The third-order valence-electron chi connectivity index (χ3n) is 1.31. The molecular weight excluding hydrogens is 178 g/mol. The van der Waals surface area contributed by atoms with Gasteiger partial charge in [-0.3, -0.25) is 0 Å². The Hall–Kier alpha value is -0.0800. The smallest absolute Gasteiger partial charge is 0.0174 e. The van der Waals surface area contributed by atoms with Crippen LogP contribution in [-0.4, -0.2) is 6.54 Å². The van der Waals surface area contributed by atoms with E-state index in [0.29, 0.717) is 6.54 Å². The van der Waals surface area contributed by atoms with Gasteiger partial charge in [-0.1, -0.05) is 18.2 Å². The Kier molecular flexibility index (Phi) is 4.72. The van der Waals surface area contributed by atoms with Crippen LogP contribution in [0.3, 0.4) is 0 Å². The van der Waals surface area contributed by atoms with Crippen LogP contribution in [0.25, 0.3) is 0 Å². The zero-order valence-electron chi connectivity index (χ0n) is 5.34. The van der Waals surface area contributed by atoms with Crippen molar-refractivity contribution in [3.8, 4) is 0 Å². The fourth-order valence-corrected chi connectivity index (χ4v) is 0.819. The van der Waals surface area contributed by atoms with E-state index >= 15 is 0 Å². The first-order valence-electron chi connectivity index (χ1n) is 2.99. The van der Waals surface area contributed by atoms with Gasteiger partial charge in [0.25, 0.3) is 0 Å². The van der Waals surface area contributed by atoms with Crippen molar-refractivity contribution in [2.45, 2.75) is 12.8 Å². The quantitative estimate of drug-likeness (QED) is 0.670. The Labute approximate surface area is 66.4 Å². The minimum Gasteiger partial charge on any atom is -0.327 e. The molecule has 0 atom stereocenters. The molecule has 0 aromatic heterocycles. The highest BCUT2D eigenvalue weighted by atomic mass is 79.9. The summed E-state index contributed by atoms with van der Waals surface area (Å²) >= 11 is 0. The van der Waals surface area contributed by atoms with Gasteiger partial charge >= 0.3 is 0 Å². The summed E-state index contributed by atoms with van der Waals surface area (Å²) in [6.45, 7) is 0.691. The zero-order valence-corrected chi connectivity index (χ0v) is 7.05. The van der Waals surface area contributed by atoms with Gasteiger partial charge in [0.1, 0.15) is 0 Å². The van der Waals surface area contributed by atoms with E-state index in [2.05, 4.69) is 18.2 Å². The fraction of sp³-hybridized carbons (Fsp3) is 0.429. The Morgan fingerprint density at radius 2 is 2.22 bits per heavy atom. The number of halogens is 1. The molecule has 0 unspecified atom stereocenters. The molecule has 0 aromatic carbocycles. The molecule has 0 bridgehead atoms. The second-order valence-electron chi connectivity index (χ2n) is 1.96. The van der Waals surface area contributed by atoms with Crippen LogP contribution in [-0.2, 0) is 0 Å². The molecule has 0 fully saturated rings. The van der Waals surface area contributed by atoms with E-state index in [-0.39, 0.29) is 17.0 Å². The van der Waals surface area contributed by atoms with Gasteiger partial charge in [0.05, 0.1) is 0 Å². The van der Waals surface area contributed by atoms with Crippen molar-refractivity contribution in [1.82, 2.24) is 0 Å². The molecule has 0 amide bonds. The van der Waals surface area contributed by atoms with Crippen molar-refractivity contribution in [2.75, 3.05) is 6.54 Å². The van der Waals surface area contributed by atoms with Crippen LogP contribution in [0, 0.1) is 0 Å². The lowest BCUT2D eigenvalue weighted by Gasteiger charge is -2.01. The van der Waals surface area contributed by atoms with Crippen molar-refractivity contribution < 1.29 is 0 Å². The largest absolute Gasteiger partial charge is 0.327 e. The predicted octanol–water partition coefficient (Wildman–Crippen LogP) is 1.80. The molecule has 1 rings (SSSR count). The van der Waals surface area contributed by atoms with Crippen LogP contribution in [0.15, 0.2) is 23.8 Å². The van der Waals surface area contributed by atoms with Crippen LogP contribution >= 0.6 is 17.0 Å². The Balaban J connectivity index is 0.000000640. The molecule has 9 heavy (non-hydrogen) atoms. The summed E-state index contributed by atoms with van der Waals surface area (Å²) < 4.78 is 0. The molecule has 0 heterocycles. The topological polar surface area (TPSA) is 26.0 Å². The second kappa shape index (κ2) is 4.77. The Morgan fingerprint density at radius 3 is 2.56 bits per heavy atom. The van der Waals surface area contributed by atoms with Crippen LogP contribution in [0.2, 0.25) is 0 Å². The molecule has 0 radical (unpaired) electrons. The minimum atomic E-state index is 0. The van der Waals surface area contributed by atoms with E-state index in [0.717, 1.165) is 0 Å². The SMILES string of the molecule is Br.NCC1=CCCC=C1. The molecular formula is C7H12BrN. The highest BCUT2D eigenvalue weighted by Crippen LogP contribution is 2.06. The van der Waals surface area contributed by atoms with Crippen molar-refractivity contribution in [3.05, 3.63) is 23.8 Å². The normalized spacial score (nSPS) is 16.3. The Bertz CT molecular complexity index is 127. The lowest BCUT2D eigenvalue weighted by molar-refractivity contribution is 0.995. The average molecular weight is 190 g/mol. The van der Waals surface area contributed by atoms with E-state index in [1.807, 2.05) is 0 Å². The van der Waals surface area contributed by atoms with Crippen molar-refractivity contribution >= 4 is 17.0 Å². The average Bonchev–Trinajstić information content (AvgIpc) is 1.90. The van der Waals surface area contributed by atoms with Crippen molar-refractivity contribution in [3.63, 3.8) is 0 Å². The van der Waals surface area contributed by atoms with E-state index in [1.54, 1.807) is 0 Å². The molecule has 2 heteroatoms. The maximum absolute atomic E-state index is 5.38. The van der Waals surface area contributed by atoms with Crippen molar-refractivity contribution in [2.24, 2.45) is 5.73 Å². The molecule has 0 saturated carbocycles. The van der Waals surface area contributed by atoms with Crippen LogP contribution < -0.4 is 5.73 Å². The van der Waals surface area contributed by atoms with Gasteiger partial charge in [-0.15, -0.1) is 17.0 Å². The fourth-order valence-electron chi connectivity index (χ4n) is 0.819. The Morgan fingerprint density at radius 1 is 1.44 bits per heavy atom. The lowest BCUT2D eigenvalue weighted by Crippen LogP contribution is -2.01. The summed E-state index contributed by atoms with van der Waals surface area (Å²) in [4.78, 5) is 0. The molecule has 2 N–H and O–H groups in total. The first kappa shape index (κ1) is 8.92.